The first-order chi connectivity index (χ1) is 11.8. The molecule has 0 saturated heterocycles. The van der Waals surface area contributed by atoms with Gasteiger partial charge in [-0.1, -0.05) is 23.9 Å². The summed E-state index contributed by atoms with van der Waals surface area (Å²) in [5.41, 5.74) is 2.23. The average Bonchev–Trinajstić information content (AvgIpc) is 2.53. The summed E-state index contributed by atoms with van der Waals surface area (Å²) in [5, 5.41) is 12.2. The molecule has 0 aliphatic heterocycles. The molecule has 1 unspecified atom stereocenters. The first-order valence-electron chi connectivity index (χ1n) is 7.55. The Labute approximate surface area is 148 Å². The maximum absolute atomic E-state index is 12.9. The number of benzene rings is 1. The highest BCUT2D eigenvalue weighted by atomic mass is 32.2. The van der Waals surface area contributed by atoms with Gasteiger partial charge in [0, 0.05) is 17.8 Å². The van der Waals surface area contributed by atoms with Crippen molar-refractivity contribution in [1.29, 1.82) is 0 Å². The Morgan fingerprint density at radius 2 is 1.80 bits per heavy atom. The fourth-order valence-corrected chi connectivity index (χ4v) is 2.94. The third-order valence-electron chi connectivity index (χ3n) is 3.28. The summed E-state index contributed by atoms with van der Waals surface area (Å²) >= 11 is 1.14. The smallest absolute Gasteiger partial charge is 0.326 e. The van der Waals surface area contributed by atoms with Gasteiger partial charge < -0.3 is 10.4 Å². The number of nitrogens with one attached hydrogen (secondary N) is 1. The van der Waals surface area contributed by atoms with E-state index in [-0.39, 0.29) is 12.2 Å². The second kappa shape index (κ2) is 8.57. The molecule has 0 fully saturated rings. The molecule has 0 spiro atoms. The summed E-state index contributed by atoms with van der Waals surface area (Å²) in [5.74, 6) is -1.96. The van der Waals surface area contributed by atoms with Crippen molar-refractivity contribution in [1.82, 2.24) is 15.3 Å². The Balaban J connectivity index is 1.93. The number of aliphatic carboxylic acids is 1. The molecule has 8 heteroatoms. The van der Waals surface area contributed by atoms with E-state index in [1.54, 1.807) is 0 Å². The second-order valence-corrected chi connectivity index (χ2v) is 6.45. The van der Waals surface area contributed by atoms with E-state index in [0.29, 0.717) is 10.7 Å². The molecule has 2 aromatic rings. The number of thioether (sulfide) groups is 1. The third-order valence-corrected chi connectivity index (χ3v) is 4.13. The maximum atomic E-state index is 12.9. The first kappa shape index (κ1) is 18.9. The van der Waals surface area contributed by atoms with E-state index in [1.165, 1.54) is 24.3 Å². The number of nitrogens with zero attached hydrogens (tertiary/aromatic N) is 2. The van der Waals surface area contributed by atoms with Crippen molar-refractivity contribution in [3.63, 3.8) is 0 Å². The number of carboxylic acids is 1. The van der Waals surface area contributed by atoms with Gasteiger partial charge >= 0.3 is 5.97 Å². The van der Waals surface area contributed by atoms with Gasteiger partial charge in [-0.15, -0.1) is 0 Å². The van der Waals surface area contributed by atoms with E-state index in [1.807, 2.05) is 19.9 Å². The molecule has 1 heterocycles. The molecule has 1 amide bonds. The van der Waals surface area contributed by atoms with Crippen molar-refractivity contribution < 1.29 is 19.1 Å². The molecule has 1 atom stereocenters. The van der Waals surface area contributed by atoms with Crippen molar-refractivity contribution in [3.05, 3.63) is 53.1 Å². The summed E-state index contributed by atoms with van der Waals surface area (Å²) in [6.45, 7) is 3.67. The van der Waals surface area contributed by atoms with Crippen LogP contribution < -0.4 is 5.32 Å². The van der Waals surface area contributed by atoms with Crippen molar-refractivity contribution in [2.24, 2.45) is 0 Å². The van der Waals surface area contributed by atoms with Crippen molar-refractivity contribution in [2.75, 3.05) is 5.75 Å². The molecule has 0 radical (unpaired) electrons. The van der Waals surface area contributed by atoms with Crippen LogP contribution in [0.1, 0.15) is 17.0 Å². The molecule has 25 heavy (non-hydrogen) atoms. The van der Waals surface area contributed by atoms with Crippen molar-refractivity contribution in [3.8, 4) is 0 Å². The van der Waals surface area contributed by atoms with Gasteiger partial charge in [-0.2, -0.15) is 0 Å². The van der Waals surface area contributed by atoms with E-state index in [4.69, 9.17) is 0 Å². The predicted octanol–water partition coefficient (Wildman–Crippen LogP) is 2.14. The normalized spacial score (nSPS) is 11.8. The molecule has 0 saturated carbocycles. The predicted molar refractivity (Wildman–Crippen MR) is 91.9 cm³/mol. The molecule has 0 aliphatic carbocycles. The lowest BCUT2D eigenvalue weighted by molar-refractivity contribution is -0.141. The zero-order valence-electron chi connectivity index (χ0n) is 13.8. The molecule has 2 N–H and O–H groups in total. The monoisotopic (exact) mass is 363 g/mol. The third kappa shape index (κ3) is 6.15. The highest BCUT2D eigenvalue weighted by Gasteiger charge is 2.20. The maximum Gasteiger partial charge on any atom is 0.326 e. The van der Waals surface area contributed by atoms with Gasteiger partial charge in [0.1, 0.15) is 11.9 Å². The van der Waals surface area contributed by atoms with Crippen LogP contribution in [-0.4, -0.2) is 38.7 Å². The van der Waals surface area contributed by atoms with E-state index >= 15 is 0 Å². The molecule has 2 rings (SSSR count). The summed E-state index contributed by atoms with van der Waals surface area (Å²) in [7, 11) is 0. The van der Waals surface area contributed by atoms with Gasteiger partial charge in [0.25, 0.3) is 0 Å². The number of hydrogen-bond acceptors (Lipinski definition) is 5. The second-order valence-electron chi connectivity index (χ2n) is 5.51. The standard InChI is InChI=1S/C17H18FN3O3S/c1-10-7-11(2)20-17(19-10)25-9-15(22)21-14(16(23)24)8-12-3-5-13(18)6-4-12/h3-7,14H,8-9H2,1-2H3,(H,21,22)(H,23,24). The molecule has 0 aliphatic rings. The minimum atomic E-state index is -1.15. The lowest BCUT2D eigenvalue weighted by Gasteiger charge is -2.14. The Bertz CT molecular complexity index is 748. The van der Waals surface area contributed by atoms with Crippen molar-refractivity contribution in [2.45, 2.75) is 31.5 Å². The van der Waals surface area contributed by atoms with Gasteiger partial charge in [0.05, 0.1) is 5.75 Å². The number of carboxylic acid groups (broad SMARTS) is 1. The summed E-state index contributed by atoms with van der Waals surface area (Å²) in [6.07, 6.45) is 0.0755. The number of amides is 1. The van der Waals surface area contributed by atoms with Gasteiger partial charge in [-0.3, -0.25) is 4.79 Å². The summed E-state index contributed by atoms with van der Waals surface area (Å²) in [4.78, 5) is 31.8. The van der Waals surface area contributed by atoms with E-state index < -0.39 is 23.7 Å². The van der Waals surface area contributed by atoms with Crippen LogP contribution in [0.2, 0.25) is 0 Å². The number of aryl methyl sites for hydroxylation is 2. The fourth-order valence-electron chi connectivity index (χ4n) is 2.18. The highest BCUT2D eigenvalue weighted by Crippen LogP contribution is 2.14. The summed E-state index contributed by atoms with van der Waals surface area (Å²) < 4.78 is 12.9. The SMILES string of the molecule is Cc1cc(C)nc(SCC(=O)NC(Cc2ccc(F)cc2)C(=O)O)n1. The Morgan fingerprint density at radius 3 is 2.36 bits per heavy atom. The number of aromatic nitrogens is 2. The fraction of sp³-hybridized carbons (Fsp3) is 0.294. The quantitative estimate of drug-likeness (QED) is 0.578. The Kier molecular flexibility index (Phi) is 6.46. The highest BCUT2D eigenvalue weighted by molar-refractivity contribution is 7.99. The minimum Gasteiger partial charge on any atom is -0.480 e. The molecular weight excluding hydrogens is 345 g/mol. The molecule has 1 aromatic carbocycles. The Hall–Kier alpha value is -2.48. The van der Waals surface area contributed by atoms with Crippen LogP contribution in [0.25, 0.3) is 0 Å². The van der Waals surface area contributed by atoms with Crippen LogP contribution in [-0.2, 0) is 16.0 Å². The lowest BCUT2D eigenvalue weighted by atomic mass is 10.1. The van der Waals surface area contributed by atoms with Crippen molar-refractivity contribution >= 4 is 23.6 Å². The topological polar surface area (TPSA) is 92.2 Å². The van der Waals surface area contributed by atoms with Gasteiger partial charge in [0.15, 0.2) is 5.16 Å². The number of halogens is 1. The lowest BCUT2D eigenvalue weighted by Crippen LogP contribution is -2.43. The van der Waals surface area contributed by atoms with E-state index in [2.05, 4.69) is 15.3 Å². The number of carbonyl (C=O) groups is 2. The van der Waals surface area contributed by atoms with Gasteiger partial charge in [-0.25, -0.2) is 19.2 Å². The van der Waals surface area contributed by atoms with Crippen LogP contribution in [0, 0.1) is 19.7 Å². The van der Waals surface area contributed by atoms with Gasteiger partial charge in [0.2, 0.25) is 5.91 Å². The van der Waals surface area contributed by atoms with E-state index in [9.17, 15) is 19.1 Å². The Morgan fingerprint density at radius 1 is 1.20 bits per heavy atom. The molecular formula is C17H18FN3O3S. The molecule has 132 valence electrons. The number of hydrogen-bond donors (Lipinski definition) is 2. The molecule has 1 aromatic heterocycles. The largest absolute Gasteiger partial charge is 0.480 e. The van der Waals surface area contributed by atoms with Crippen LogP contribution in [0.15, 0.2) is 35.5 Å². The minimum absolute atomic E-state index is 0.0100. The van der Waals surface area contributed by atoms with Crippen LogP contribution in [0.3, 0.4) is 0 Å². The zero-order valence-corrected chi connectivity index (χ0v) is 14.6. The van der Waals surface area contributed by atoms with Crippen LogP contribution in [0.4, 0.5) is 4.39 Å². The molecule has 6 nitrogen and oxygen atoms in total. The number of rotatable bonds is 7. The summed E-state index contributed by atoms with van der Waals surface area (Å²) in [6, 6.07) is 6.24. The van der Waals surface area contributed by atoms with Crippen LogP contribution >= 0.6 is 11.8 Å². The zero-order chi connectivity index (χ0) is 18.4. The van der Waals surface area contributed by atoms with Gasteiger partial charge in [-0.05, 0) is 37.6 Å². The van der Waals surface area contributed by atoms with E-state index in [0.717, 1.165) is 23.1 Å². The van der Waals surface area contributed by atoms with Crippen LogP contribution in [0.5, 0.6) is 0 Å². The number of carbonyl (C=O) groups excluding carboxylic acids is 1. The molecule has 0 bridgehead atoms. The average molecular weight is 363 g/mol. The first-order valence-corrected chi connectivity index (χ1v) is 8.54.